The highest BCUT2D eigenvalue weighted by atomic mass is 15.1. The Morgan fingerprint density at radius 2 is 0.867 bits per heavy atom. The Hall–Kier alpha value is -0.920. The van der Waals surface area contributed by atoms with Gasteiger partial charge in [-0.15, -0.1) is 0 Å². The molecule has 0 aliphatic carbocycles. The molecule has 0 aromatic rings. The van der Waals surface area contributed by atoms with Gasteiger partial charge in [-0.25, -0.2) is 0 Å². The van der Waals surface area contributed by atoms with E-state index in [2.05, 4.69) is 38.2 Å². The molecule has 1 rings (SSSR count). The quantitative estimate of drug-likeness (QED) is 0.176. The van der Waals surface area contributed by atoms with Crippen molar-refractivity contribution in [2.45, 2.75) is 154 Å². The molecule has 0 amide bonds. The van der Waals surface area contributed by atoms with Crippen LogP contribution in [0.2, 0.25) is 0 Å². The number of rotatable bonds is 16. The maximum atomic E-state index is 4.87. The first-order chi connectivity index (χ1) is 14.9. The van der Waals surface area contributed by atoms with E-state index in [1.165, 1.54) is 116 Å². The maximum Gasteiger partial charge on any atom is 0.0742 e. The second kappa shape index (κ2) is 21.3. The minimum Gasteiger partial charge on any atom is -0.190 e. The average molecular weight is 417 g/mol. The Labute approximate surface area is 189 Å². The van der Waals surface area contributed by atoms with E-state index in [1.807, 2.05) is 0 Å². The van der Waals surface area contributed by atoms with Crippen LogP contribution in [0.3, 0.4) is 0 Å². The first-order valence-corrected chi connectivity index (χ1v) is 13.6. The van der Waals surface area contributed by atoms with Gasteiger partial charge in [0.2, 0.25) is 0 Å². The zero-order valence-electron chi connectivity index (χ0n) is 20.5. The van der Waals surface area contributed by atoms with Crippen molar-refractivity contribution in [1.29, 1.82) is 0 Å². The Kier molecular flexibility index (Phi) is 19.3. The van der Waals surface area contributed by atoms with Crippen LogP contribution in [0, 0.1) is 0 Å². The minimum atomic E-state index is 0.400. The summed E-state index contributed by atoms with van der Waals surface area (Å²) in [5, 5.41) is 9.73. The van der Waals surface area contributed by atoms with Gasteiger partial charge in [-0.1, -0.05) is 128 Å². The third-order valence-corrected chi connectivity index (χ3v) is 6.32. The van der Waals surface area contributed by atoms with Gasteiger partial charge in [-0.05, 0) is 38.5 Å². The Balaban J connectivity index is 2.38. The van der Waals surface area contributed by atoms with Crippen LogP contribution in [-0.4, -0.2) is 12.1 Å². The van der Waals surface area contributed by atoms with E-state index in [4.69, 9.17) is 10.2 Å². The number of hydrogen-bond acceptors (Lipinski definition) is 2. The Morgan fingerprint density at radius 1 is 0.500 bits per heavy atom. The number of unbranched alkanes of at least 4 members (excludes halogenated alkanes) is 12. The van der Waals surface area contributed by atoms with E-state index < -0.39 is 0 Å². The molecule has 0 aromatic heterocycles. The minimum absolute atomic E-state index is 0.400. The standard InChI is InChI=1S/C28H52N2/c1-3-5-7-9-11-15-19-23-27-25-21-17-13-14-18-22-26-28(30-29-27)24-20-16-12-10-8-6-4-2/h17-18,21-22,27-28H,3-16,19-20,23-26H2,1-2H3/b21-17+,22-18+,30-29?. The van der Waals surface area contributed by atoms with Crippen molar-refractivity contribution in [2.75, 3.05) is 0 Å². The number of nitrogens with zero attached hydrogens (tertiary/aromatic N) is 2. The summed E-state index contributed by atoms with van der Waals surface area (Å²) in [4.78, 5) is 0. The molecule has 0 N–H and O–H groups in total. The first kappa shape index (κ1) is 27.1. The molecule has 1 aliphatic rings. The second-order valence-electron chi connectivity index (χ2n) is 9.35. The summed E-state index contributed by atoms with van der Waals surface area (Å²) in [5.74, 6) is 0. The number of azo groups is 1. The van der Waals surface area contributed by atoms with E-state index in [1.54, 1.807) is 0 Å². The molecule has 1 heterocycles. The van der Waals surface area contributed by atoms with Gasteiger partial charge < -0.3 is 0 Å². The third kappa shape index (κ3) is 16.8. The van der Waals surface area contributed by atoms with Crippen LogP contribution in [0.25, 0.3) is 0 Å². The molecule has 0 bridgehead atoms. The van der Waals surface area contributed by atoms with Crippen LogP contribution in [0.15, 0.2) is 34.5 Å². The summed E-state index contributed by atoms with van der Waals surface area (Å²) >= 11 is 0. The molecule has 1 aliphatic heterocycles. The lowest BCUT2D eigenvalue weighted by molar-refractivity contribution is 0.481. The fourth-order valence-electron chi connectivity index (χ4n) is 4.24. The fourth-order valence-corrected chi connectivity index (χ4v) is 4.24. The molecular weight excluding hydrogens is 364 g/mol. The lowest BCUT2D eigenvalue weighted by atomic mass is 10.0. The van der Waals surface area contributed by atoms with Gasteiger partial charge in [0, 0.05) is 0 Å². The van der Waals surface area contributed by atoms with Crippen LogP contribution in [0.1, 0.15) is 142 Å². The molecule has 2 unspecified atom stereocenters. The smallest absolute Gasteiger partial charge is 0.0742 e. The molecule has 2 heteroatoms. The van der Waals surface area contributed by atoms with Crippen molar-refractivity contribution >= 4 is 0 Å². The first-order valence-electron chi connectivity index (χ1n) is 13.6. The van der Waals surface area contributed by atoms with Gasteiger partial charge in [-0.2, -0.15) is 10.2 Å². The lowest BCUT2D eigenvalue weighted by Crippen LogP contribution is -2.07. The maximum absolute atomic E-state index is 4.87. The van der Waals surface area contributed by atoms with Crippen LogP contribution < -0.4 is 0 Å². The molecule has 2 nitrogen and oxygen atoms in total. The molecule has 2 atom stereocenters. The zero-order valence-corrected chi connectivity index (χ0v) is 20.5. The SMILES string of the molecule is CCCCCCCCCC1C/C=C/CC/C=C/CC(CCCCCCCCC)N=N1. The highest BCUT2D eigenvalue weighted by Gasteiger charge is 2.09. The van der Waals surface area contributed by atoms with Crippen LogP contribution in [0.5, 0.6) is 0 Å². The van der Waals surface area contributed by atoms with Gasteiger partial charge in [0.25, 0.3) is 0 Å². The summed E-state index contributed by atoms with van der Waals surface area (Å²) in [6.45, 7) is 4.58. The van der Waals surface area contributed by atoms with Crippen molar-refractivity contribution in [3.05, 3.63) is 24.3 Å². The molecule has 174 valence electrons. The molecular formula is C28H52N2. The van der Waals surface area contributed by atoms with Crippen molar-refractivity contribution in [3.63, 3.8) is 0 Å². The van der Waals surface area contributed by atoms with Gasteiger partial charge >= 0.3 is 0 Å². The molecule has 0 radical (unpaired) electrons. The normalized spacial score (nSPS) is 22.3. The number of hydrogen-bond donors (Lipinski definition) is 0. The molecule has 30 heavy (non-hydrogen) atoms. The van der Waals surface area contributed by atoms with E-state index in [0.29, 0.717) is 12.1 Å². The van der Waals surface area contributed by atoms with Gasteiger partial charge in [0.1, 0.15) is 0 Å². The molecule has 0 spiro atoms. The number of allylic oxidation sites excluding steroid dienone is 2. The lowest BCUT2D eigenvalue weighted by Gasteiger charge is -2.13. The highest BCUT2D eigenvalue weighted by molar-refractivity contribution is 4.92. The van der Waals surface area contributed by atoms with Crippen LogP contribution >= 0.6 is 0 Å². The van der Waals surface area contributed by atoms with Crippen molar-refractivity contribution in [2.24, 2.45) is 10.2 Å². The summed E-state index contributed by atoms with van der Waals surface area (Å²) < 4.78 is 0. The Morgan fingerprint density at radius 3 is 1.27 bits per heavy atom. The van der Waals surface area contributed by atoms with E-state index in [-0.39, 0.29) is 0 Å². The van der Waals surface area contributed by atoms with Crippen molar-refractivity contribution in [1.82, 2.24) is 0 Å². The molecule has 0 saturated carbocycles. The Bertz CT molecular complexity index is 398. The van der Waals surface area contributed by atoms with Crippen LogP contribution in [0.4, 0.5) is 0 Å². The van der Waals surface area contributed by atoms with Gasteiger partial charge in [-0.3, -0.25) is 0 Å². The predicted molar refractivity (Wildman–Crippen MR) is 134 cm³/mol. The molecule has 0 saturated heterocycles. The monoisotopic (exact) mass is 416 g/mol. The van der Waals surface area contributed by atoms with E-state index in [0.717, 1.165) is 12.8 Å². The summed E-state index contributed by atoms with van der Waals surface area (Å²) in [7, 11) is 0. The predicted octanol–water partition coefficient (Wildman–Crippen LogP) is 10.1. The summed E-state index contributed by atoms with van der Waals surface area (Å²) in [6, 6.07) is 0.800. The van der Waals surface area contributed by atoms with Crippen molar-refractivity contribution in [3.8, 4) is 0 Å². The van der Waals surface area contributed by atoms with E-state index >= 15 is 0 Å². The fraction of sp³-hybridized carbons (Fsp3) is 0.857. The van der Waals surface area contributed by atoms with Gasteiger partial charge in [0.05, 0.1) is 12.1 Å². The second-order valence-corrected chi connectivity index (χ2v) is 9.35. The van der Waals surface area contributed by atoms with Crippen molar-refractivity contribution < 1.29 is 0 Å². The molecule has 0 aromatic carbocycles. The zero-order chi connectivity index (χ0) is 21.5. The van der Waals surface area contributed by atoms with E-state index in [9.17, 15) is 0 Å². The summed E-state index contributed by atoms with van der Waals surface area (Å²) in [5.41, 5.74) is 0. The highest BCUT2D eigenvalue weighted by Crippen LogP contribution is 2.18. The van der Waals surface area contributed by atoms with Gasteiger partial charge in [0.15, 0.2) is 0 Å². The largest absolute Gasteiger partial charge is 0.190 e. The average Bonchev–Trinajstić information content (AvgIpc) is 2.75. The summed E-state index contributed by atoms with van der Waals surface area (Å²) in [6.07, 6.45) is 35.6. The third-order valence-electron chi connectivity index (χ3n) is 6.32. The molecule has 0 fully saturated rings. The topological polar surface area (TPSA) is 24.7 Å². The van der Waals surface area contributed by atoms with Crippen LogP contribution in [-0.2, 0) is 0 Å².